The first kappa shape index (κ1) is 67.0. The molecule has 1 nitrogen and oxygen atoms in total. The van der Waals surface area contributed by atoms with E-state index in [9.17, 15) is 0 Å². The summed E-state index contributed by atoms with van der Waals surface area (Å²) in [6, 6.07) is 0. The molecule has 1 heteroatoms. The van der Waals surface area contributed by atoms with Gasteiger partial charge in [-0.15, -0.1) is 0 Å². The van der Waals surface area contributed by atoms with E-state index in [1.54, 1.807) is 0 Å². The molecule has 0 fully saturated rings. The summed E-state index contributed by atoms with van der Waals surface area (Å²) in [6.07, 6.45) is 49.0. The minimum absolute atomic E-state index is 0.724. The SMILES string of the molecule is CC(C)CCC(CCCC(CCCC(CN)CCCC(CCCC(CCC(C)C)CCC(C)C)CCCC(CCC(C)C)CCC(C)C)CCCC(CCC(C)C)CCC(C)C)CCC(C)C. The summed E-state index contributed by atoms with van der Waals surface area (Å²) >= 11 is 0. The fraction of sp³-hybridized carbons (Fsp3) is 1.00. The molecule has 0 aliphatic carbocycles. The summed E-state index contributed by atoms with van der Waals surface area (Å²) in [5.41, 5.74) is 6.66. The number of nitrogens with two attached hydrogens (primary N) is 1. The van der Waals surface area contributed by atoms with Gasteiger partial charge in [-0.3, -0.25) is 0 Å². The molecule has 0 amide bonds. The normalized spacial score (nSPS) is 13.1. The first-order valence-corrected chi connectivity index (χ1v) is 31.5. The van der Waals surface area contributed by atoms with Crippen LogP contribution in [-0.2, 0) is 0 Å². The van der Waals surface area contributed by atoms with Crippen molar-refractivity contribution in [3.8, 4) is 0 Å². The van der Waals surface area contributed by atoms with E-state index in [-0.39, 0.29) is 0 Å². The van der Waals surface area contributed by atoms with Gasteiger partial charge in [0, 0.05) is 0 Å². The molecule has 0 aliphatic rings. The molecule has 0 aromatic rings. The van der Waals surface area contributed by atoms with Crippen LogP contribution in [0.2, 0.25) is 0 Å². The second kappa shape index (κ2) is 43.5. The summed E-state index contributed by atoms with van der Waals surface area (Å²) < 4.78 is 0. The van der Waals surface area contributed by atoms with Crippen molar-refractivity contribution in [3.05, 3.63) is 0 Å². The first-order chi connectivity index (χ1) is 31.8. The van der Waals surface area contributed by atoms with Crippen LogP contribution in [0.1, 0.15) is 329 Å². The van der Waals surface area contributed by atoms with Crippen molar-refractivity contribution in [2.75, 3.05) is 6.54 Å². The highest BCUT2D eigenvalue weighted by atomic mass is 14.5. The van der Waals surface area contributed by atoms with Crippen LogP contribution in [-0.4, -0.2) is 6.54 Å². The maximum Gasteiger partial charge on any atom is -0.00489 e. The van der Waals surface area contributed by atoms with Gasteiger partial charge in [-0.2, -0.15) is 0 Å². The van der Waals surface area contributed by atoms with Crippen molar-refractivity contribution in [2.24, 2.45) is 94.5 Å². The Balaban J connectivity index is 5.74. The van der Waals surface area contributed by atoms with E-state index >= 15 is 0 Å². The fourth-order valence-electron chi connectivity index (χ4n) is 11.7. The van der Waals surface area contributed by atoms with Crippen LogP contribution >= 0.6 is 0 Å². The van der Waals surface area contributed by atoms with E-state index in [0.717, 1.165) is 95.3 Å². The van der Waals surface area contributed by atoms with E-state index in [1.807, 2.05) is 0 Å². The molecule has 67 heavy (non-hydrogen) atoms. The zero-order chi connectivity index (χ0) is 50.4. The lowest BCUT2D eigenvalue weighted by atomic mass is 9.82. The lowest BCUT2D eigenvalue weighted by molar-refractivity contribution is 0.287. The largest absolute Gasteiger partial charge is 0.330 e. The Morgan fingerprint density at radius 2 is 0.284 bits per heavy atom. The van der Waals surface area contributed by atoms with E-state index in [0.29, 0.717) is 0 Å². The van der Waals surface area contributed by atoms with Crippen LogP contribution in [0.15, 0.2) is 0 Å². The molecule has 2 N–H and O–H groups in total. The van der Waals surface area contributed by atoms with Crippen molar-refractivity contribution in [2.45, 2.75) is 329 Å². The van der Waals surface area contributed by atoms with Gasteiger partial charge in [0.15, 0.2) is 0 Å². The summed E-state index contributed by atoms with van der Waals surface area (Å²) in [6.45, 7) is 39.8. The summed E-state index contributed by atoms with van der Waals surface area (Å²) in [7, 11) is 0. The predicted molar refractivity (Wildman–Crippen MR) is 309 cm³/mol. The molecule has 0 saturated carbocycles. The molecule has 0 aliphatic heterocycles. The molecule has 404 valence electrons. The van der Waals surface area contributed by atoms with Gasteiger partial charge in [0.2, 0.25) is 0 Å². The molecule has 0 heterocycles. The molecule has 0 saturated heterocycles. The van der Waals surface area contributed by atoms with E-state index in [4.69, 9.17) is 5.73 Å². The van der Waals surface area contributed by atoms with Crippen LogP contribution < -0.4 is 5.73 Å². The smallest absolute Gasteiger partial charge is 0.00489 e. The van der Waals surface area contributed by atoms with Gasteiger partial charge < -0.3 is 5.73 Å². The molecular formula is C66H135N. The Labute approximate surface area is 428 Å². The highest BCUT2D eigenvalue weighted by Crippen LogP contribution is 2.34. The second-order valence-corrected chi connectivity index (χ2v) is 27.7. The van der Waals surface area contributed by atoms with Crippen LogP contribution in [0.3, 0.4) is 0 Å². The van der Waals surface area contributed by atoms with Gasteiger partial charge >= 0.3 is 0 Å². The lowest BCUT2D eigenvalue weighted by Gasteiger charge is -2.24. The lowest BCUT2D eigenvalue weighted by Crippen LogP contribution is -2.16. The van der Waals surface area contributed by atoms with Crippen molar-refractivity contribution < 1.29 is 0 Å². The van der Waals surface area contributed by atoms with Crippen LogP contribution in [0, 0.1) is 88.8 Å². The summed E-state index contributed by atoms with van der Waals surface area (Å²) in [5.74, 6) is 13.0. The van der Waals surface area contributed by atoms with E-state index in [1.165, 1.54) is 218 Å². The molecule has 0 bridgehead atoms. The zero-order valence-electron chi connectivity index (χ0n) is 50.0. The average molecular weight is 943 g/mol. The first-order valence-electron chi connectivity index (χ1n) is 31.5. The van der Waals surface area contributed by atoms with Gasteiger partial charge in [0.05, 0.1) is 0 Å². The van der Waals surface area contributed by atoms with Crippen LogP contribution in [0.5, 0.6) is 0 Å². The monoisotopic (exact) mass is 942 g/mol. The van der Waals surface area contributed by atoms with E-state index < -0.39 is 0 Å². The molecule has 0 aromatic carbocycles. The number of hydrogen-bond donors (Lipinski definition) is 1. The van der Waals surface area contributed by atoms with Crippen LogP contribution in [0.25, 0.3) is 0 Å². The molecule has 0 spiro atoms. The molecule has 0 aromatic heterocycles. The number of hydrogen-bond acceptors (Lipinski definition) is 1. The fourth-order valence-corrected chi connectivity index (χ4v) is 11.7. The topological polar surface area (TPSA) is 26.0 Å². The van der Waals surface area contributed by atoms with Crippen molar-refractivity contribution in [1.82, 2.24) is 0 Å². The van der Waals surface area contributed by atoms with Crippen molar-refractivity contribution in [3.63, 3.8) is 0 Å². The quantitative estimate of drug-likeness (QED) is 0.0646. The third-order valence-corrected chi connectivity index (χ3v) is 16.9. The summed E-state index contributed by atoms with van der Waals surface area (Å²) in [5, 5.41) is 0. The highest BCUT2D eigenvalue weighted by Gasteiger charge is 2.20. The van der Waals surface area contributed by atoms with Gasteiger partial charge in [-0.05, 0) is 108 Å². The molecule has 0 radical (unpaired) electrons. The standard InChI is InChI=1S/C66H135N/c1-52(2)35-43-62(44-36-53(3)4)29-17-23-60(24-18-30-63(45-37-54(5)6)46-38-55(7)8)27-21-33-66(51-67)34-22-28-61(25-19-31-64(47-39-56(9)10)48-40-57(11)12)26-20-32-65(49-41-58(13)14)50-42-59(15)16/h52-66H,17-51,67H2,1-16H3. The summed E-state index contributed by atoms with van der Waals surface area (Å²) in [4.78, 5) is 0. The predicted octanol–water partition coefficient (Wildman–Crippen LogP) is 22.8. The minimum atomic E-state index is 0.724. The van der Waals surface area contributed by atoms with E-state index in [2.05, 4.69) is 111 Å². The second-order valence-electron chi connectivity index (χ2n) is 27.7. The molecule has 0 unspecified atom stereocenters. The van der Waals surface area contributed by atoms with Crippen molar-refractivity contribution >= 4 is 0 Å². The third-order valence-electron chi connectivity index (χ3n) is 16.9. The number of rotatable bonds is 49. The maximum absolute atomic E-state index is 6.66. The third kappa shape index (κ3) is 44.4. The van der Waals surface area contributed by atoms with Crippen molar-refractivity contribution in [1.29, 1.82) is 0 Å². The Morgan fingerprint density at radius 1 is 0.164 bits per heavy atom. The molecular weight excluding hydrogens is 807 g/mol. The Morgan fingerprint density at radius 3 is 0.403 bits per heavy atom. The Hall–Kier alpha value is -0.0400. The molecule has 0 rings (SSSR count). The Bertz CT molecular complexity index is 809. The van der Waals surface area contributed by atoms with Gasteiger partial charge in [-0.25, -0.2) is 0 Å². The highest BCUT2D eigenvalue weighted by molar-refractivity contribution is 4.73. The minimum Gasteiger partial charge on any atom is -0.330 e. The average Bonchev–Trinajstić information content (AvgIpc) is 3.24. The zero-order valence-corrected chi connectivity index (χ0v) is 50.0. The van der Waals surface area contributed by atoms with Crippen LogP contribution in [0.4, 0.5) is 0 Å². The van der Waals surface area contributed by atoms with Gasteiger partial charge in [0.1, 0.15) is 0 Å². The molecule has 0 atom stereocenters. The van der Waals surface area contributed by atoms with Gasteiger partial charge in [-0.1, -0.05) is 316 Å². The van der Waals surface area contributed by atoms with Gasteiger partial charge in [0.25, 0.3) is 0 Å². The maximum atomic E-state index is 6.66. The Kier molecular flexibility index (Phi) is 43.5.